The molecule has 94 valence electrons. The first kappa shape index (κ1) is 11.3. The Labute approximate surface area is 106 Å². The second-order valence-electron chi connectivity index (χ2n) is 5.22. The number of nitrogens with two attached hydrogens (primary N) is 1. The molecule has 1 aromatic carbocycles. The summed E-state index contributed by atoms with van der Waals surface area (Å²) in [5.41, 5.74) is 7.13. The standard InChI is InChI=1S/C14H16N2O2/c1-8(9-3-2-4-9)16-13(17)11-6-5-10(15)7-12(11)14(16)18/h5-9H,2-4,15H2,1H3. The van der Waals surface area contributed by atoms with Gasteiger partial charge >= 0.3 is 0 Å². The van der Waals surface area contributed by atoms with Gasteiger partial charge in [-0.15, -0.1) is 0 Å². The summed E-state index contributed by atoms with van der Waals surface area (Å²) in [7, 11) is 0. The molecule has 1 fully saturated rings. The number of rotatable bonds is 2. The minimum absolute atomic E-state index is 0.00706. The van der Waals surface area contributed by atoms with Crippen LogP contribution in [0.3, 0.4) is 0 Å². The summed E-state index contributed by atoms with van der Waals surface area (Å²) in [6, 6.07) is 4.91. The number of carbonyl (C=O) groups excluding carboxylic acids is 2. The predicted molar refractivity (Wildman–Crippen MR) is 68.2 cm³/mol. The molecule has 1 aliphatic heterocycles. The molecule has 18 heavy (non-hydrogen) atoms. The molecule has 2 N–H and O–H groups in total. The average Bonchev–Trinajstić information content (AvgIpc) is 2.49. The number of fused-ring (bicyclic) bond motifs is 1. The van der Waals surface area contributed by atoms with E-state index in [1.165, 1.54) is 11.3 Å². The van der Waals surface area contributed by atoms with Crippen LogP contribution in [0.15, 0.2) is 18.2 Å². The maximum atomic E-state index is 12.3. The molecule has 0 saturated heterocycles. The summed E-state index contributed by atoms with van der Waals surface area (Å²) in [5.74, 6) is 0.0978. The van der Waals surface area contributed by atoms with Crippen molar-refractivity contribution in [2.75, 3.05) is 5.73 Å². The Hall–Kier alpha value is -1.84. The number of amides is 2. The Balaban J connectivity index is 1.96. The number of nitrogens with zero attached hydrogens (tertiary/aromatic N) is 1. The van der Waals surface area contributed by atoms with Gasteiger partial charge in [0.1, 0.15) is 0 Å². The SMILES string of the molecule is CC(C1CCC1)N1C(=O)c2ccc(N)cc2C1=O. The van der Waals surface area contributed by atoms with Gasteiger partial charge in [-0.2, -0.15) is 0 Å². The van der Waals surface area contributed by atoms with Crippen molar-refractivity contribution in [2.45, 2.75) is 32.2 Å². The molecule has 2 amide bonds. The van der Waals surface area contributed by atoms with Gasteiger partial charge in [-0.1, -0.05) is 6.42 Å². The highest BCUT2D eigenvalue weighted by Crippen LogP contribution is 2.36. The van der Waals surface area contributed by atoms with Gasteiger partial charge in [0.25, 0.3) is 11.8 Å². The summed E-state index contributed by atoms with van der Waals surface area (Å²) in [4.78, 5) is 26.0. The van der Waals surface area contributed by atoms with E-state index in [1.54, 1.807) is 18.2 Å². The molecular formula is C14H16N2O2. The lowest BCUT2D eigenvalue weighted by Gasteiger charge is -2.35. The topological polar surface area (TPSA) is 63.4 Å². The second kappa shape index (κ2) is 3.83. The molecule has 4 heteroatoms. The first-order valence-electron chi connectivity index (χ1n) is 6.37. The zero-order valence-corrected chi connectivity index (χ0v) is 10.3. The third-order valence-electron chi connectivity index (χ3n) is 4.18. The minimum atomic E-state index is -0.193. The lowest BCUT2D eigenvalue weighted by atomic mass is 9.80. The average molecular weight is 244 g/mol. The predicted octanol–water partition coefficient (Wildman–Crippen LogP) is 2.05. The first-order valence-corrected chi connectivity index (χ1v) is 6.37. The molecule has 1 aromatic rings. The van der Waals surface area contributed by atoms with E-state index in [-0.39, 0.29) is 17.9 Å². The zero-order chi connectivity index (χ0) is 12.9. The van der Waals surface area contributed by atoms with Crippen LogP contribution < -0.4 is 5.73 Å². The number of carbonyl (C=O) groups is 2. The van der Waals surface area contributed by atoms with E-state index >= 15 is 0 Å². The van der Waals surface area contributed by atoms with Crippen LogP contribution in [0.4, 0.5) is 5.69 Å². The highest BCUT2D eigenvalue weighted by Gasteiger charge is 2.41. The molecule has 0 spiro atoms. The number of nitrogen functional groups attached to an aromatic ring is 1. The van der Waals surface area contributed by atoms with Gasteiger partial charge in [0, 0.05) is 11.7 Å². The van der Waals surface area contributed by atoms with Crippen LogP contribution in [0.2, 0.25) is 0 Å². The number of hydrogen-bond donors (Lipinski definition) is 1. The van der Waals surface area contributed by atoms with Crippen molar-refractivity contribution in [3.63, 3.8) is 0 Å². The van der Waals surface area contributed by atoms with Gasteiger partial charge in [-0.25, -0.2) is 0 Å². The molecule has 3 rings (SSSR count). The normalized spacial score (nSPS) is 20.8. The molecule has 1 atom stereocenters. The fourth-order valence-electron chi connectivity index (χ4n) is 2.78. The second-order valence-corrected chi connectivity index (χ2v) is 5.22. The molecule has 1 aliphatic carbocycles. The minimum Gasteiger partial charge on any atom is -0.399 e. The quantitative estimate of drug-likeness (QED) is 0.639. The van der Waals surface area contributed by atoms with Gasteiger partial charge in [0.05, 0.1) is 11.1 Å². The molecule has 0 bridgehead atoms. The van der Waals surface area contributed by atoms with Crippen molar-refractivity contribution in [3.8, 4) is 0 Å². The number of benzene rings is 1. The van der Waals surface area contributed by atoms with Crippen molar-refractivity contribution < 1.29 is 9.59 Å². The van der Waals surface area contributed by atoms with Gasteiger partial charge in [0.2, 0.25) is 0 Å². The van der Waals surface area contributed by atoms with Crippen LogP contribution >= 0.6 is 0 Å². The number of hydrogen-bond acceptors (Lipinski definition) is 3. The van der Waals surface area contributed by atoms with Crippen LogP contribution in [0, 0.1) is 5.92 Å². The van der Waals surface area contributed by atoms with Gasteiger partial charge in [-0.05, 0) is 43.9 Å². The molecule has 0 radical (unpaired) electrons. The van der Waals surface area contributed by atoms with Crippen molar-refractivity contribution in [1.82, 2.24) is 4.90 Å². The smallest absolute Gasteiger partial charge is 0.261 e. The van der Waals surface area contributed by atoms with E-state index in [0.717, 1.165) is 12.8 Å². The lowest BCUT2D eigenvalue weighted by molar-refractivity contribution is 0.0488. The largest absolute Gasteiger partial charge is 0.399 e. The van der Waals surface area contributed by atoms with Crippen molar-refractivity contribution >= 4 is 17.5 Å². The van der Waals surface area contributed by atoms with E-state index in [2.05, 4.69) is 0 Å². The van der Waals surface area contributed by atoms with Crippen molar-refractivity contribution in [2.24, 2.45) is 5.92 Å². The Bertz CT molecular complexity index is 535. The highest BCUT2D eigenvalue weighted by atomic mass is 16.2. The fraction of sp³-hybridized carbons (Fsp3) is 0.429. The highest BCUT2D eigenvalue weighted by molar-refractivity contribution is 6.21. The maximum absolute atomic E-state index is 12.3. The van der Waals surface area contributed by atoms with E-state index in [4.69, 9.17) is 5.73 Å². The van der Waals surface area contributed by atoms with Crippen molar-refractivity contribution in [3.05, 3.63) is 29.3 Å². The number of anilines is 1. The number of imide groups is 1. The molecule has 2 aliphatic rings. The maximum Gasteiger partial charge on any atom is 0.261 e. The van der Waals surface area contributed by atoms with Gasteiger partial charge in [-0.3, -0.25) is 14.5 Å². The van der Waals surface area contributed by atoms with Crippen LogP contribution in [0.25, 0.3) is 0 Å². The van der Waals surface area contributed by atoms with Crippen LogP contribution in [-0.4, -0.2) is 22.8 Å². The third kappa shape index (κ3) is 1.45. The molecule has 4 nitrogen and oxygen atoms in total. The van der Waals surface area contributed by atoms with Crippen LogP contribution in [0.1, 0.15) is 46.9 Å². The monoisotopic (exact) mass is 244 g/mol. The lowest BCUT2D eigenvalue weighted by Crippen LogP contribution is -2.44. The molecule has 1 saturated carbocycles. The molecule has 1 heterocycles. The van der Waals surface area contributed by atoms with Gasteiger partial charge < -0.3 is 5.73 Å². The molecule has 0 aromatic heterocycles. The van der Waals surface area contributed by atoms with Crippen LogP contribution in [0.5, 0.6) is 0 Å². The first-order chi connectivity index (χ1) is 8.59. The summed E-state index contributed by atoms with van der Waals surface area (Å²) >= 11 is 0. The Morgan fingerprint density at radius 2 is 1.89 bits per heavy atom. The Morgan fingerprint density at radius 1 is 1.22 bits per heavy atom. The summed E-state index contributed by atoms with van der Waals surface area (Å²) in [6.07, 6.45) is 3.42. The van der Waals surface area contributed by atoms with E-state index < -0.39 is 0 Å². The fourth-order valence-corrected chi connectivity index (χ4v) is 2.78. The Morgan fingerprint density at radius 3 is 2.50 bits per heavy atom. The molecule has 1 unspecified atom stereocenters. The summed E-state index contributed by atoms with van der Waals surface area (Å²) < 4.78 is 0. The van der Waals surface area contributed by atoms with Crippen LogP contribution in [-0.2, 0) is 0 Å². The van der Waals surface area contributed by atoms with E-state index in [9.17, 15) is 9.59 Å². The summed E-state index contributed by atoms with van der Waals surface area (Å²) in [5, 5.41) is 0. The summed E-state index contributed by atoms with van der Waals surface area (Å²) in [6.45, 7) is 1.97. The Kier molecular flexibility index (Phi) is 2.40. The molecular weight excluding hydrogens is 228 g/mol. The van der Waals surface area contributed by atoms with Gasteiger partial charge in [0.15, 0.2) is 0 Å². The van der Waals surface area contributed by atoms with Crippen molar-refractivity contribution in [1.29, 1.82) is 0 Å². The van der Waals surface area contributed by atoms with E-state index in [1.807, 2.05) is 6.92 Å². The third-order valence-corrected chi connectivity index (χ3v) is 4.18. The van der Waals surface area contributed by atoms with E-state index in [0.29, 0.717) is 22.7 Å². The zero-order valence-electron chi connectivity index (χ0n) is 10.3.